The Balaban J connectivity index is 1.80. The molecule has 4 heteroatoms. The monoisotopic (exact) mass is 392 g/mol. The zero-order valence-electron chi connectivity index (χ0n) is 14.9. The minimum absolute atomic E-state index is 0.545. The van der Waals surface area contributed by atoms with E-state index in [0.717, 1.165) is 11.4 Å². The van der Waals surface area contributed by atoms with Gasteiger partial charge in [-0.1, -0.05) is 55.1 Å². The van der Waals surface area contributed by atoms with Crippen molar-refractivity contribution in [2.24, 2.45) is 0 Å². The molecule has 26 heavy (non-hydrogen) atoms. The summed E-state index contributed by atoms with van der Waals surface area (Å²) >= 11 is 6.87. The lowest BCUT2D eigenvalue weighted by atomic mass is 9.85. The van der Waals surface area contributed by atoms with Crippen LogP contribution in [0, 0.1) is 11.6 Å². The van der Waals surface area contributed by atoms with Gasteiger partial charge in [0.05, 0.1) is 7.27 Å². The molecule has 0 heterocycles. The van der Waals surface area contributed by atoms with Crippen LogP contribution in [0.15, 0.2) is 36.4 Å². The van der Waals surface area contributed by atoms with E-state index in [1.54, 1.807) is 0 Å². The first-order chi connectivity index (χ1) is 12.6. The Bertz CT molecular complexity index is 759. The van der Waals surface area contributed by atoms with Gasteiger partial charge in [-0.3, -0.25) is 0 Å². The van der Waals surface area contributed by atoms with Gasteiger partial charge in [0, 0.05) is 11.4 Å². The standard InChI is InChI=1S/C22H24ClF2P/c23-26(19-13-17(24)12-18(25)14-19)21-11-5-10-20(15-6-1-2-7-15)22(21)16-8-3-4-9-16/h5,10-16H,1-4,6-9H2. The molecule has 1 unspecified atom stereocenters. The maximum absolute atomic E-state index is 13.7. The third-order valence-electron chi connectivity index (χ3n) is 5.96. The quantitative estimate of drug-likeness (QED) is 0.498. The predicted molar refractivity (Wildman–Crippen MR) is 107 cm³/mol. The highest BCUT2D eigenvalue weighted by Crippen LogP contribution is 2.48. The van der Waals surface area contributed by atoms with Crippen LogP contribution in [0.1, 0.15) is 74.3 Å². The molecule has 2 saturated carbocycles. The SMILES string of the molecule is Fc1cc(F)cc(P(Cl)c2cccc(C3CCCC3)c2C2CCCC2)c1. The molecule has 2 fully saturated rings. The summed E-state index contributed by atoms with van der Waals surface area (Å²) in [6.07, 6.45) is 10.0. The van der Waals surface area contributed by atoms with Gasteiger partial charge < -0.3 is 0 Å². The molecule has 0 saturated heterocycles. The first-order valence-corrected chi connectivity index (χ1v) is 11.9. The van der Waals surface area contributed by atoms with Crippen LogP contribution >= 0.6 is 18.5 Å². The summed E-state index contributed by atoms with van der Waals surface area (Å²) in [4.78, 5) is 0. The van der Waals surface area contributed by atoms with Gasteiger partial charge >= 0.3 is 0 Å². The van der Waals surface area contributed by atoms with Crippen LogP contribution in [0.3, 0.4) is 0 Å². The summed E-state index contributed by atoms with van der Waals surface area (Å²) in [5, 5.41) is 1.69. The van der Waals surface area contributed by atoms with Crippen molar-refractivity contribution in [3.8, 4) is 0 Å². The fourth-order valence-electron chi connectivity index (χ4n) is 4.79. The average molecular weight is 393 g/mol. The van der Waals surface area contributed by atoms with Crippen LogP contribution in [-0.4, -0.2) is 0 Å². The summed E-state index contributed by atoms with van der Waals surface area (Å²) in [5.74, 6) is 0.0591. The highest BCUT2D eigenvalue weighted by molar-refractivity contribution is 7.95. The molecule has 0 nitrogen and oxygen atoms in total. The van der Waals surface area contributed by atoms with Crippen molar-refractivity contribution in [1.29, 1.82) is 0 Å². The summed E-state index contributed by atoms with van der Waals surface area (Å²) in [7, 11) is -1.28. The van der Waals surface area contributed by atoms with E-state index in [4.69, 9.17) is 11.2 Å². The minimum atomic E-state index is -1.28. The van der Waals surface area contributed by atoms with Crippen molar-refractivity contribution in [1.82, 2.24) is 0 Å². The van der Waals surface area contributed by atoms with Crippen molar-refractivity contribution >= 4 is 29.1 Å². The van der Waals surface area contributed by atoms with Gasteiger partial charge in [0.25, 0.3) is 0 Å². The van der Waals surface area contributed by atoms with Crippen molar-refractivity contribution in [3.05, 3.63) is 59.2 Å². The molecule has 4 rings (SSSR count). The molecule has 138 valence electrons. The Kier molecular flexibility index (Phi) is 5.62. The first-order valence-electron chi connectivity index (χ1n) is 9.68. The summed E-state index contributed by atoms with van der Waals surface area (Å²) < 4.78 is 27.5. The lowest BCUT2D eigenvalue weighted by Gasteiger charge is -2.25. The second-order valence-electron chi connectivity index (χ2n) is 7.65. The molecule has 2 aliphatic rings. The second-order valence-corrected chi connectivity index (χ2v) is 10.2. The highest BCUT2D eigenvalue weighted by Gasteiger charge is 2.30. The van der Waals surface area contributed by atoms with Crippen molar-refractivity contribution < 1.29 is 8.78 Å². The molecule has 0 N–H and O–H groups in total. The Morgan fingerprint density at radius 3 is 2.00 bits per heavy atom. The lowest BCUT2D eigenvalue weighted by molar-refractivity contribution is 0.585. The van der Waals surface area contributed by atoms with Crippen molar-refractivity contribution in [2.75, 3.05) is 0 Å². The molecule has 0 aromatic heterocycles. The highest BCUT2D eigenvalue weighted by atomic mass is 35.7. The summed E-state index contributed by atoms with van der Waals surface area (Å²) in [6.45, 7) is 0. The van der Waals surface area contributed by atoms with Crippen LogP contribution in [0.2, 0.25) is 0 Å². The van der Waals surface area contributed by atoms with Gasteiger partial charge in [-0.05, 0) is 66.1 Å². The number of hydrogen-bond donors (Lipinski definition) is 0. The van der Waals surface area contributed by atoms with E-state index in [1.165, 1.54) is 74.6 Å². The summed E-state index contributed by atoms with van der Waals surface area (Å²) in [6, 6.07) is 10.2. The third kappa shape index (κ3) is 3.69. The molecule has 0 aliphatic heterocycles. The van der Waals surface area contributed by atoms with E-state index in [-0.39, 0.29) is 0 Å². The van der Waals surface area contributed by atoms with Crippen LogP contribution in [-0.2, 0) is 0 Å². The zero-order chi connectivity index (χ0) is 18.1. The van der Waals surface area contributed by atoms with Crippen molar-refractivity contribution in [2.45, 2.75) is 63.2 Å². The fraction of sp³-hybridized carbons (Fsp3) is 0.455. The molecule has 1 atom stereocenters. The van der Waals surface area contributed by atoms with Gasteiger partial charge in [-0.15, -0.1) is 0 Å². The maximum atomic E-state index is 13.7. The number of benzene rings is 2. The summed E-state index contributed by atoms with van der Waals surface area (Å²) in [5.41, 5.74) is 2.86. The van der Waals surface area contributed by atoms with Crippen LogP contribution in [0.4, 0.5) is 8.78 Å². The third-order valence-corrected chi connectivity index (χ3v) is 8.62. The maximum Gasteiger partial charge on any atom is 0.126 e. The largest absolute Gasteiger partial charge is 0.207 e. The van der Waals surface area contributed by atoms with Gasteiger partial charge in [-0.2, -0.15) is 0 Å². The molecule has 0 radical (unpaired) electrons. The van der Waals surface area contributed by atoms with Gasteiger partial charge in [0.15, 0.2) is 0 Å². The number of halogens is 3. The molecule has 0 amide bonds. The number of rotatable bonds is 4. The molecule has 2 aliphatic carbocycles. The Morgan fingerprint density at radius 2 is 1.38 bits per heavy atom. The van der Waals surface area contributed by atoms with Crippen LogP contribution < -0.4 is 10.6 Å². The number of hydrogen-bond acceptors (Lipinski definition) is 0. The van der Waals surface area contributed by atoms with E-state index >= 15 is 0 Å². The molecular formula is C22H24ClF2P. The van der Waals surface area contributed by atoms with Crippen molar-refractivity contribution in [3.63, 3.8) is 0 Å². The molecule has 2 aromatic rings. The van der Waals surface area contributed by atoms with Gasteiger partial charge in [0.1, 0.15) is 11.6 Å². The van der Waals surface area contributed by atoms with Crippen LogP contribution in [0.5, 0.6) is 0 Å². The van der Waals surface area contributed by atoms with Gasteiger partial charge in [-0.25, -0.2) is 8.78 Å². The first kappa shape index (κ1) is 18.4. The smallest absolute Gasteiger partial charge is 0.126 e. The predicted octanol–water partition coefficient (Wildman–Crippen LogP) is 6.87. The molecule has 2 aromatic carbocycles. The normalized spacial score (nSPS) is 20.0. The fourth-order valence-corrected chi connectivity index (χ4v) is 7.01. The van der Waals surface area contributed by atoms with E-state index in [2.05, 4.69) is 18.2 Å². The molecule has 0 spiro atoms. The van der Waals surface area contributed by atoms with Gasteiger partial charge in [0.2, 0.25) is 0 Å². The lowest BCUT2D eigenvalue weighted by Crippen LogP contribution is -2.19. The van der Waals surface area contributed by atoms with E-state index in [9.17, 15) is 8.78 Å². The zero-order valence-corrected chi connectivity index (χ0v) is 16.5. The second kappa shape index (κ2) is 7.95. The molecule has 0 bridgehead atoms. The molecular weight excluding hydrogens is 369 g/mol. The topological polar surface area (TPSA) is 0 Å². The van der Waals surface area contributed by atoms with E-state index in [0.29, 0.717) is 17.1 Å². The Hall–Kier alpha value is -0.980. The Morgan fingerprint density at radius 1 is 0.808 bits per heavy atom. The van der Waals surface area contributed by atoms with E-state index < -0.39 is 18.9 Å². The van der Waals surface area contributed by atoms with Crippen LogP contribution in [0.25, 0.3) is 0 Å². The van der Waals surface area contributed by atoms with E-state index in [1.807, 2.05) is 0 Å². The average Bonchev–Trinajstić information content (AvgIpc) is 3.33. The Labute approximate surface area is 160 Å². The minimum Gasteiger partial charge on any atom is -0.207 e.